The van der Waals surface area contributed by atoms with Crippen molar-refractivity contribution in [1.82, 2.24) is 15.1 Å². The van der Waals surface area contributed by atoms with Crippen LogP contribution < -0.4 is 10.1 Å². The minimum atomic E-state index is 0.361. The molecular weight excluding hydrogens is 318 g/mol. The second-order valence-corrected chi connectivity index (χ2v) is 5.97. The van der Waals surface area contributed by atoms with Crippen LogP contribution in [0.1, 0.15) is 23.7 Å². The summed E-state index contributed by atoms with van der Waals surface area (Å²) < 4.78 is 8.64. The minimum Gasteiger partial charge on any atom is -0.493 e. The average molecular weight is 336 g/mol. The van der Waals surface area contributed by atoms with Crippen molar-refractivity contribution in [2.45, 2.75) is 18.9 Å². The fourth-order valence-electron chi connectivity index (χ4n) is 2.55. The number of halogens is 1. The lowest BCUT2D eigenvalue weighted by Crippen LogP contribution is -2.28. The minimum absolute atomic E-state index is 0.361. The van der Waals surface area contributed by atoms with Crippen molar-refractivity contribution in [2.24, 2.45) is 7.05 Å². The molecule has 0 radical (unpaired) electrons. The first-order valence-electron chi connectivity index (χ1n) is 6.86. The van der Waals surface area contributed by atoms with Crippen LogP contribution in [0.2, 0.25) is 0 Å². The van der Waals surface area contributed by atoms with E-state index in [1.807, 2.05) is 30.1 Å². The van der Waals surface area contributed by atoms with Gasteiger partial charge in [0.05, 0.1) is 12.3 Å². The van der Waals surface area contributed by atoms with Crippen LogP contribution in [0.4, 0.5) is 0 Å². The van der Waals surface area contributed by atoms with Crippen LogP contribution in [0.3, 0.4) is 0 Å². The Kier molecular flexibility index (Phi) is 4.08. The highest BCUT2D eigenvalue weighted by atomic mass is 79.9. The SMILES string of the molecule is Cn1ccc(CCNC2CCOc3ccc(Br)cc32)n1. The number of nitrogens with zero attached hydrogens (tertiary/aromatic N) is 2. The summed E-state index contributed by atoms with van der Waals surface area (Å²) in [6.07, 6.45) is 3.93. The third-order valence-corrected chi connectivity index (χ3v) is 4.05. The molecular formula is C15H18BrN3O. The maximum atomic E-state index is 5.70. The quantitative estimate of drug-likeness (QED) is 0.933. The standard InChI is InChI=1S/C15H18BrN3O/c1-19-8-5-12(18-19)4-7-17-14-6-9-20-15-3-2-11(16)10-13(14)15/h2-3,5,8,10,14,17H,4,6-7,9H2,1H3. The number of hydrogen-bond acceptors (Lipinski definition) is 3. The highest BCUT2D eigenvalue weighted by molar-refractivity contribution is 9.10. The van der Waals surface area contributed by atoms with E-state index >= 15 is 0 Å². The Morgan fingerprint density at radius 1 is 1.45 bits per heavy atom. The fraction of sp³-hybridized carbons (Fsp3) is 0.400. The molecule has 1 N–H and O–H groups in total. The summed E-state index contributed by atoms with van der Waals surface area (Å²) in [5.74, 6) is 0.995. The van der Waals surface area contributed by atoms with Crippen molar-refractivity contribution in [3.05, 3.63) is 46.2 Å². The normalized spacial score (nSPS) is 17.6. The number of hydrogen-bond donors (Lipinski definition) is 1. The molecule has 1 atom stereocenters. The lowest BCUT2D eigenvalue weighted by atomic mass is 10.0. The molecule has 106 valence electrons. The molecule has 1 aliphatic heterocycles. The summed E-state index contributed by atoms with van der Waals surface area (Å²) in [6.45, 7) is 1.70. The van der Waals surface area contributed by atoms with Crippen LogP contribution in [0.25, 0.3) is 0 Å². The molecule has 0 saturated heterocycles. The Morgan fingerprint density at radius 2 is 2.35 bits per heavy atom. The van der Waals surface area contributed by atoms with Crippen molar-refractivity contribution in [2.75, 3.05) is 13.2 Å². The van der Waals surface area contributed by atoms with Crippen molar-refractivity contribution >= 4 is 15.9 Å². The van der Waals surface area contributed by atoms with E-state index in [-0.39, 0.29) is 0 Å². The number of rotatable bonds is 4. The average Bonchev–Trinajstić information content (AvgIpc) is 2.85. The first-order valence-corrected chi connectivity index (χ1v) is 7.66. The molecule has 0 saturated carbocycles. The van der Waals surface area contributed by atoms with Gasteiger partial charge in [0.2, 0.25) is 0 Å². The summed E-state index contributed by atoms with van der Waals surface area (Å²) in [5, 5.41) is 8.01. The molecule has 0 bridgehead atoms. The van der Waals surface area contributed by atoms with Crippen molar-refractivity contribution in [3.8, 4) is 5.75 Å². The van der Waals surface area contributed by atoms with Gasteiger partial charge < -0.3 is 10.1 Å². The van der Waals surface area contributed by atoms with E-state index in [1.165, 1.54) is 5.56 Å². The van der Waals surface area contributed by atoms with Gasteiger partial charge in [0.15, 0.2) is 0 Å². The number of ether oxygens (including phenoxy) is 1. The second kappa shape index (κ2) is 5.97. The zero-order valence-corrected chi connectivity index (χ0v) is 13.1. The van der Waals surface area contributed by atoms with E-state index < -0.39 is 0 Å². The molecule has 1 aromatic carbocycles. The smallest absolute Gasteiger partial charge is 0.124 e. The lowest BCUT2D eigenvalue weighted by molar-refractivity contribution is 0.253. The summed E-state index contributed by atoms with van der Waals surface area (Å²) in [6, 6.07) is 8.63. The van der Waals surface area contributed by atoms with Crippen LogP contribution in [0.5, 0.6) is 5.75 Å². The zero-order chi connectivity index (χ0) is 13.9. The monoisotopic (exact) mass is 335 g/mol. The molecule has 1 aromatic heterocycles. The number of benzene rings is 1. The second-order valence-electron chi connectivity index (χ2n) is 5.06. The van der Waals surface area contributed by atoms with Gasteiger partial charge in [-0.05, 0) is 24.3 Å². The van der Waals surface area contributed by atoms with Gasteiger partial charge in [0.25, 0.3) is 0 Å². The van der Waals surface area contributed by atoms with Crippen molar-refractivity contribution in [3.63, 3.8) is 0 Å². The molecule has 2 aromatic rings. The first-order chi connectivity index (χ1) is 9.72. The molecule has 0 fully saturated rings. The summed E-state index contributed by atoms with van der Waals surface area (Å²) >= 11 is 3.53. The highest BCUT2D eigenvalue weighted by Crippen LogP contribution is 2.33. The van der Waals surface area contributed by atoms with E-state index in [2.05, 4.69) is 38.5 Å². The molecule has 5 heteroatoms. The Balaban J connectivity index is 1.63. The number of aromatic nitrogens is 2. The molecule has 1 aliphatic rings. The maximum absolute atomic E-state index is 5.70. The van der Waals surface area contributed by atoms with Crippen LogP contribution >= 0.6 is 15.9 Å². The largest absolute Gasteiger partial charge is 0.493 e. The van der Waals surface area contributed by atoms with E-state index in [1.54, 1.807) is 0 Å². The van der Waals surface area contributed by atoms with Gasteiger partial charge in [0.1, 0.15) is 5.75 Å². The van der Waals surface area contributed by atoms with Gasteiger partial charge in [-0.15, -0.1) is 0 Å². The molecule has 0 aliphatic carbocycles. The summed E-state index contributed by atoms with van der Waals surface area (Å²) in [5.41, 5.74) is 2.37. The summed E-state index contributed by atoms with van der Waals surface area (Å²) in [4.78, 5) is 0. The molecule has 3 rings (SSSR count). The molecule has 20 heavy (non-hydrogen) atoms. The first kappa shape index (κ1) is 13.6. The van der Waals surface area contributed by atoms with Crippen LogP contribution in [-0.2, 0) is 13.5 Å². The fourth-order valence-corrected chi connectivity index (χ4v) is 2.93. The predicted octanol–water partition coefficient (Wildman–Crippen LogP) is 2.84. The number of aryl methyl sites for hydroxylation is 1. The predicted molar refractivity (Wildman–Crippen MR) is 81.9 cm³/mol. The van der Waals surface area contributed by atoms with E-state index in [4.69, 9.17) is 4.74 Å². The molecule has 2 heterocycles. The molecule has 1 unspecified atom stereocenters. The Labute approximate surface area is 127 Å². The van der Waals surface area contributed by atoms with E-state index in [0.717, 1.165) is 41.9 Å². The maximum Gasteiger partial charge on any atom is 0.124 e. The van der Waals surface area contributed by atoms with Crippen LogP contribution in [-0.4, -0.2) is 22.9 Å². The van der Waals surface area contributed by atoms with Gasteiger partial charge >= 0.3 is 0 Å². The lowest BCUT2D eigenvalue weighted by Gasteiger charge is -2.27. The molecule has 4 nitrogen and oxygen atoms in total. The van der Waals surface area contributed by atoms with E-state index in [9.17, 15) is 0 Å². The Hall–Kier alpha value is -1.33. The van der Waals surface area contributed by atoms with Gasteiger partial charge in [-0.3, -0.25) is 4.68 Å². The van der Waals surface area contributed by atoms with E-state index in [0.29, 0.717) is 6.04 Å². The third-order valence-electron chi connectivity index (χ3n) is 3.55. The Bertz CT molecular complexity index is 597. The highest BCUT2D eigenvalue weighted by Gasteiger charge is 2.21. The molecule has 0 spiro atoms. The van der Waals surface area contributed by atoms with Gasteiger partial charge in [-0.2, -0.15) is 5.10 Å². The van der Waals surface area contributed by atoms with Crippen LogP contribution in [0, 0.1) is 0 Å². The summed E-state index contributed by atoms with van der Waals surface area (Å²) in [7, 11) is 1.95. The topological polar surface area (TPSA) is 39.1 Å². The van der Waals surface area contributed by atoms with Gasteiger partial charge in [0, 0.05) is 48.7 Å². The van der Waals surface area contributed by atoms with Gasteiger partial charge in [-0.25, -0.2) is 0 Å². The van der Waals surface area contributed by atoms with Crippen LogP contribution in [0.15, 0.2) is 34.9 Å². The molecule has 0 amide bonds. The van der Waals surface area contributed by atoms with Crippen molar-refractivity contribution < 1.29 is 4.74 Å². The number of nitrogens with one attached hydrogen (secondary N) is 1. The van der Waals surface area contributed by atoms with Gasteiger partial charge in [-0.1, -0.05) is 15.9 Å². The zero-order valence-electron chi connectivity index (χ0n) is 11.5. The van der Waals surface area contributed by atoms with Crippen molar-refractivity contribution in [1.29, 1.82) is 0 Å². The Morgan fingerprint density at radius 3 is 3.15 bits per heavy atom. The number of fused-ring (bicyclic) bond motifs is 1. The third kappa shape index (κ3) is 3.04.